The van der Waals surface area contributed by atoms with Crippen LogP contribution in [0.5, 0.6) is 5.75 Å². The van der Waals surface area contributed by atoms with Gasteiger partial charge in [-0.3, -0.25) is 4.79 Å². The van der Waals surface area contributed by atoms with Crippen LogP contribution >= 0.6 is 43.5 Å². The van der Waals surface area contributed by atoms with Gasteiger partial charge < -0.3 is 5.11 Å². The summed E-state index contributed by atoms with van der Waals surface area (Å²) in [5, 5.41) is 10.3. The van der Waals surface area contributed by atoms with Crippen molar-refractivity contribution in [1.29, 1.82) is 0 Å². The summed E-state index contributed by atoms with van der Waals surface area (Å²) in [5.74, 6) is -0.0791. The lowest BCUT2D eigenvalue weighted by atomic mass is 10.1. The molecule has 0 aliphatic rings. The molecule has 0 radical (unpaired) electrons. The van der Waals surface area contributed by atoms with Crippen LogP contribution in [0.3, 0.4) is 0 Å². The van der Waals surface area contributed by atoms with Crippen molar-refractivity contribution >= 4 is 55.3 Å². The van der Waals surface area contributed by atoms with Crippen LogP contribution in [0.2, 0.25) is 5.02 Å². The number of aromatic hydroxyl groups is 1. The zero-order valence-electron chi connectivity index (χ0n) is 10.1. The molecule has 0 unspecified atom stereocenters. The molecule has 0 spiro atoms. The molecule has 0 saturated carbocycles. The molecule has 2 rings (SSSR count). The lowest BCUT2D eigenvalue weighted by Crippen LogP contribution is -1.94. The number of phenolic OH excluding ortho intramolecular Hbond substituents is 1. The van der Waals surface area contributed by atoms with E-state index in [2.05, 4.69) is 31.9 Å². The summed E-state index contributed by atoms with van der Waals surface area (Å²) in [6, 6.07) is 10.3. The van der Waals surface area contributed by atoms with E-state index in [1.807, 2.05) is 12.1 Å². The van der Waals surface area contributed by atoms with Gasteiger partial charge in [0.25, 0.3) is 0 Å². The van der Waals surface area contributed by atoms with E-state index in [0.29, 0.717) is 19.5 Å². The SMILES string of the molecule is O=C(/C=C/c1ccc(Cl)cc1)c1cc(Br)c(O)c(Br)c1. The second-order valence-electron chi connectivity index (χ2n) is 4.04. The number of rotatable bonds is 3. The van der Waals surface area contributed by atoms with E-state index >= 15 is 0 Å². The molecule has 0 aliphatic heterocycles. The average molecular weight is 416 g/mol. The summed E-state index contributed by atoms with van der Waals surface area (Å²) >= 11 is 12.2. The first kappa shape index (κ1) is 15.3. The van der Waals surface area contributed by atoms with E-state index in [-0.39, 0.29) is 11.5 Å². The maximum atomic E-state index is 12.1. The Morgan fingerprint density at radius 3 is 2.20 bits per heavy atom. The van der Waals surface area contributed by atoms with Gasteiger partial charge >= 0.3 is 0 Å². The third kappa shape index (κ3) is 3.72. The molecule has 0 aromatic heterocycles. The Labute approximate surface area is 138 Å². The Kier molecular flexibility index (Phi) is 5.02. The number of ketones is 1. The van der Waals surface area contributed by atoms with Crippen LogP contribution < -0.4 is 0 Å². The van der Waals surface area contributed by atoms with E-state index in [4.69, 9.17) is 11.6 Å². The summed E-state index contributed by atoms with van der Waals surface area (Å²) < 4.78 is 0.935. The predicted molar refractivity (Wildman–Crippen MR) is 88.3 cm³/mol. The van der Waals surface area contributed by atoms with Crippen LogP contribution in [0.1, 0.15) is 15.9 Å². The van der Waals surface area contributed by atoms with Gasteiger partial charge in [0.05, 0.1) is 8.95 Å². The summed E-state index contributed by atoms with van der Waals surface area (Å²) in [6.07, 6.45) is 3.20. The minimum absolute atomic E-state index is 0.0724. The minimum Gasteiger partial charge on any atom is -0.506 e. The minimum atomic E-state index is -0.152. The second-order valence-corrected chi connectivity index (χ2v) is 6.18. The molecular weight excluding hydrogens is 407 g/mol. The number of allylic oxidation sites excluding steroid dienone is 1. The maximum Gasteiger partial charge on any atom is 0.185 e. The van der Waals surface area contributed by atoms with Gasteiger partial charge in [0.1, 0.15) is 5.75 Å². The van der Waals surface area contributed by atoms with E-state index in [1.54, 1.807) is 30.3 Å². The molecule has 0 bridgehead atoms. The van der Waals surface area contributed by atoms with Crippen molar-refractivity contribution < 1.29 is 9.90 Å². The van der Waals surface area contributed by atoms with Crippen LogP contribution in [0.25, 0.3) is 6.08 Å². The first-order chi connectivity index (χ1) is 9.47. The van der Waals surface area contributed by atoms with E-state index in [0.717, 1.165) is 5.56 Å². The highest BCUT2D eigenvalue weighted by Crippen LogP contribution is 2.33. The number of benzene rings is 2. The van der Waals surface area contributed by atoms with E-state index in [9.17, 15) is 9.90 Å². The fourth-order valence-electron chi connectivity index (χ4n) is 1.55. The van der Waals surface area contributed by atoms with Crippen LogP contribution in [-0.4, -0.2) is 10.9 Å². The molecule has 0 heterocycles. The lowest BCUT2D eigenvalue weighted by Gasteiger charge is -2.03. The molecule has 5 heteroatoms. The molecule has 2 aromatic rings. The van der Waals surface area contributed by atoms with Gasteiger partial charge in [-0.15, -0.1) is 0 Å². The zero-order chi connectivity index (χ0) is 14.7. The second kappa shape index (κ2) is 6.57. The van der Waals surface area contributed by atoms with Crippen molar-refractivity contribution in [1.82, 2.24) is 0 Å². The number of carbonyl (C=O) groups excluding carboxylic acids is 1. The first-order valence-electron chi connectivity index (χ1n) is 5.63. The molecule has 0 fully saturated rings. The van der Waals surface area contributed by atoms with Crippen molar-refractivity contribution in [3.8, 4) is 5.75 Å². The van der Waals surface area contributed by atoms with Gasteiger partial charge in [0.15, 0.2) is 5.78 Å². The summed E-state index contributed by atoms with van der Waals surface area (Å²) in [7, 11) is 0. The van der Waals surface area contributed by atoms with Crippen LogP contribution in [0.15, 0.2) is 51.4 Å². The Morgan fingerprint density at radius 2 is 1.65 bits per heavy atom. The molecule has 1 N–H and O–H groups in total. The van der Waals surface area contributed by atoms with Crippen LogP contribution in [-0.2, 0) is 0 Å². The monoisotopic (exact) mass is 414 g/mol. The summed E-state index contributed by atoms with van der Waals surface area (Å²) in [4.78, 5) is 12.1. The first-order valence-corrected chi connectivity index (χ1v) is 7.60. The normalized spacial score (nSPS) is 10.9. The molecule has 0 atom stereocenters. The van der Waals surface area contributed by atoms with Crippen LogP contribution in [0, 0.1) is 0 Å². The van der Waals surface area contributed by atoms with Crippen LogP contribution in [0.4, 0.5) is 0 Å². The van der Waals surface area contributed by atoms with Crippen molar-refractivity contribution in [3.63, 3.8) is 0 Å². The topological polar surface area (TPSA) is 37.3 Å². The Bertz CT molecular complexity index is 656. The quantitative estimate of drug-likeness (QED) is 0.532. The highest BCUT2D eigenvalue weighted by Gasteiger charge is 2.09. The fraction of sp³-hybridized carbons (Fsp3) is 0. The van der Waals surface area contributed by atoms with Gasteiger partial charge in [-0.1, -0.05) is 29.8 Å². The van der Waals surface area contributed by atoms with E-state index < -0.39 is 0 Å². The predicted octanol–water partition coefficient (Wildman–Crippen LogP) is 5.47. The molecule has 102 valence electrons. The largest absolute Gasteiger partial charge is 0.506 e. The summed E-state index contributed by atoms with van der Waals surface area (Å²) in [5.41, 5.74) is 1.37. The Morgan fingerprint density at radius 1 is 1.10 bits per heavy atom. The van der Waals surface area contributed by atoms with Crippen molar-refractivity contribution in [2.45, 2.75) is 0 Å². The Balaban J connectivity index is 2.22. The molecule has 2 aromatic carbocycles. The van der Waals surface area contributed by atoms with Gasteiger partial charge in [-0.05, 0) is 67.8 Å². The third-order valence-electron chi connectivity index (χ3n) is 2.60. The fourth-order valence-corrected chi connectivity index (χ4v) is 2.86. The maximum absolute atomic E-state index is 12.1. The highest BCUT2D eigenvalue weighted by molar-refractivity contribution is 9.11. The molecule has 0 amide bonds. The van der Waals surface area contributed by atoms with Gasteiger partial charge in [-0.2, -0.15) is 0 Å². The van der Waals surface area contributed by atoms with Crippen molar-refractivity contribution in [2.75, 3.05) is 0 Å². The average Bonchev–Trinajstić information content (AvgIpc) is 2.43. The molecule has 0 saturated heterocycles. The molecule has 2 nitrogen and oxygen atoms in total. The third-order valence-corrected chi connectivity index (χ3v) is 4.06. The van der Waals surface area contributed by atoms with Gasteiger partial charge in [0, 0.05) is 10.6 Å². The molecular formula is C15H9Br2ClO2. The van der Waals surface area contributed by atoms with E-state index in [1.165, 1.54) is 6.08 Å². The van der Waals surface area contributed by atoms with Gasteiger partial charge in [-0.25, -0.2) is 0 Å². The Hall–Kier alpha value is -1.10. The summed E-state index contributed by atoms with van der Waals surface area (Å²) in [6.45, 7) is 0. The number of halogens is 3. The van der Waals surface area contributed by atoms with Gasteiger partial charge in [0.2, 0.25) is 0 Å². The standard InChI is InChI=1S/C15H9Br2ClO2/c16-12-7-10(8-13(17)15(12)20)14(19)6-3-9-1-4-11(18)5-2-9/h1-8,20H/b6-3+. The number of hydrogen-bond acceptors (Lipinski definition) is 2. The molecule has 20 heavy (non-hydrogen) atoms. The number of hydrogen-bond donors (Lipinski definition) is 1. The van der Waals surface area contributed by atoms with Crippen molar-refractivity contribution in [3.05, 3.63) is 67.6 Å². The smallest absolute Gasteiger partial charge is 0.185 e. The lowest BCUT2D eigenvalue weighted by molar-refractivity contribution is 0.104. The highest BCUT2D eigenvalue weighted by atomic mass is 79.9. The zero-order valence-corrected chi connectivity index (χ0v) is 14.0. The number of carbonyl (C=O) groups is 1. The van der Waals surface area contributed by atoms with Crippen molar-refractivity contribution in [2.24, 2.45) is 0 Å². The molecule has 0 aliphatic carbocycles. The number of phenols is 1.